The quantitative estimate of drug-likeness (QED) is 0.675. The Hall–Kier alpha value is -3.30. The number of hydrogen-bond donors (Lipinski definition) is 2. The molecule has 1 aromatic carbocycles. The van der Waals surface area contributed by atoms with Gasteiger partial charge in [0.2, 0.25) is 5.91 Å². The normalized spacial score (nSPS) is 11.2. The van der Waals surface area contributed by atoms with Crippen LogP contribution in [0.1, 0.15) is 29.8 Å². The Kier molecular flexibility index (Phi) is 7.62. The fourth-order valence-electron chi connectivity index (χ4n) is 2.30. The largest absolute Gasteiger partial charge is 0.493 e. The molecule has 0 bridgehead atoms. The van der Waals surface area contributed by atoms with Crippen LogP contribution in [0.15, 0.2) is 36.5 Å². The second kappa shape index (κ2) is 9.95. The van der Waals surface area contributed by atoms with Gasteiger partial charge in [0.1, 0.15) is 5.82 Å². The van der Waals surface area contributed by atoms with E-state index < -0.39 is 18.7 Å². The number of nitrogens with one attached hydrogen (secondary N) is 2. The monoisotopic (exact) mass is 425 g/mol. The van der Waals surface area contributed by atoms with Crippen LogP contribution in [0.25, 0.3) is 0 Å². The lowest BCUT2D eigenvalue weighted by Crippen LogP contribution is -2.24. The second-order valence-electron chi connectivity index (χ2n) is 6.65. The highest BCUT2D eigenvalue weighted by molar-refractivity contribution is 5.96. The Morgan fingerprint density at radius 3 is 2.50 bits per heavy atom. The zero-order chi connectivity index (χ0) is 22.3. The molecule has 0 spiro atoms. The summed E-state index contributed by atoms with van der Waals surface area (Å²) in [5.41, 5.74) is 0.892. The van der Waals surface area contributed by atoms with Crippen LogP contribution < -0.4 is 20.1 Å². The van der Waals surface area contributed by atoms with Crippen molar-refractivity contribution in [1.29, 1.82) is 0 Å². The number of methoxy groups -OCH3 is 1. The molecule has 0 aliphatic heterocycles. The standard InChI is InChI=1S/C20H22F3N3O4/c1-12(2)18(27)26-17-9-14(6-7-24-17)19(28)25-10-13-4-5-15(16(8-13)29-3)30-11-20(21,22)23/h4-9,12H,10-11H2,1-3H3,(H,25,28)(H,24,26,27). The minimum atomic E-state index is -4.46. The maximum Gasteiger partial charge on any atom is 0.422 e. The Labute approximate surface area is 171 Å². The number of carbonyl (C=O) groups excluding carboxylic acids is 2. The van der Waals surface area contributed by atoms with Crippen molar-refractivity contribution in [2.75, 3.05) is 19.0 Å². The van der Waals surface area contributed by atoms with E-state index in [1.54, 1.807) is 13.8 Å². The van der Waals surface area contributed by atoms with Crippen molar-refractivity contribution >= 4 is 17.6 Å². The fourth-order valence-corrected chi connectivity index (χ4v) is 2.30. The first kappa shape index (κ1) is 23.0. The molecule has 0 saturated heterocycles. The Morgan fingerprint density at radius 2 is 1.87 bits per heavy atom. The molecule has 162 valence electrons. The molecule has 0 atom stereocenters. The minimum Gasteiger partial charge on any atom is -0.493 e. The van der Waals surface area contributed by atoms with Crippen molar-refractivity contribution in [1.82, 2.24) is 10.3 Å². The topological polar surface area (TPSA) is 89.5 Å². The molecule has 10 heteroatoms. The van der Waals surface area contributed by atoms with Crippen LogP contribution in [-0.2, 0) is 11.3 Å². The summed E-state index contributed by atoms with van der Waals surface area (Å²) in [7, 11) is 1.31. The van der Waals surface area contributed by atoms with Gasteiger partial charge >= 0.3 is 6.18 Å². The van der Waals surface area contributed by atoms with Crippen LogP contribution in [0.2, 0.25) is 0 Å². The molecule has 1 heterocycles. The number of carbonyl (C=O) groups is 2. The molecule has 2 N–H and O–H groups in total. The van der Waals surface area contributed by atoms with Crippen LogP contribution in [0.5, 0.6) is 11.5 Å². The molecule has 0 radical (unpaired) electrons. The number of anilines is 1. The Bertz CT molecular complexity index is 901. The molecule has 7 nitrogen and oxygen atoms in total. The highest BCUT2D eigenvalue weighted by atomic mass is 19.4. The van der Waals surface area contributed by atoms with Crippen LogP contribution in [0, 0.1) is 5.92 Å². The van der Waals surface area contributed by atoms with Crippen LogP contribution >= 0.6 is 0 Å². The zero-order valence-corrected chi connectivity index (χ0v) is 16.7. The summed E-state index contributed by atoms with van der Waals surface area (Å²) in [4.78, 5) is 28.2. The molecule has 2 rings (SSSR count). The molecule has 0 saturated carbocycles. The van der Waals surface area contributed by atoms with Crippen molar-refractivity contribution < 1.29 is 32.2 Å². The molecular formula is C20H22F3N3O4. The van der Waals surface area contributed by atoms with Crippen molar-refractivity contribution in [3.05, 3.63) is 47.7 Å². The maximum atomic E-state index is 12.4. The lowest BCUT2D eigenvalue weighted by atomic mass is 10.2. The van der Waals surface area contributed by atoms with Gasteiger partial charge in [0.15, 0.2) is 18.1 Å². The predicted molar refractivity (Wildman–Crippen MR) is 103 cm³/mol. The summed E-state index contributed by atoms with van der Waals surface area (Å²) in [5.74, 6) is -0.538. The van der Waals surface area contributed by atoms with Gasteiger partial charge in [0.25, 0.3) is 5.91 Å². The van der Waals surface area contributed by atoms with E-state index in [1.807, 2.05) is 0 Å². The molecule has 0 unspecified atom stereocenters. The number of benzene rings is 1. The molecule has 30 heavy (non-hydrogen) atoms. The van der Waals surface area contributed by atoms with Gasteiger partial charge in [-0.05, 0) is 29.8 Å². The van der Waals surface area contributed by atoms with Crippen LogP contribution in [0.3, 0.4) is 0 Å². The number of halogens is 3. The lowest BCUT2D eigenvalue weighted by molar-refractivity contribution is -0.153. The highest BCUT2D eigenvalue weighted by Gasteiger charge is 2.29. The number of nitrogens with zero attached hydrogens (tertiary/aromatic N) is 1. The minimum absolute atomic E-state index is 0.0513. The number of amides is 2. The van der Waals surface area contributed by atoms with E-state index >= 15 is 0 Å². The number of rotatable bonds is 8. The number of alkyl halides is 3. The molecular weight excluding hydrogens is 403 g/mol. The molecule has 2 amide bonds. The third kappa shape index (κ3) is 6.94. The average Bonchev–Trinajstić information content (AvgIpc) is 2.70. The predicted octanol–water partition coefficient (Wildman–Crippen LogP) is 3.56. The summed E-state index contributed by atoms with van der Waals surface area (Å²) >= 11 is 0. The Balaban J connectivity index is 2.01. The number of ether oxygens (including phenoxy) is 2. The number of aromatic nitrogens is 1. The maximum absolute atomic E-state index is 12.4. The number of hydrogen-bond acceptors (Lipinski definition) is 5. The first-order valence-corrected chi connectivity index (χ1v) is 9.00. The summed E-state index contributed by atoms with van der Waals surface area (Å²) in [6.07, 6.45) is -3.06. The number of pyridine rings is 1. The third-order valence-electron chi connectivity index (χ3n) is 3.87. The van der Waals surface area contributed by atoms with E-state index in [9.17, 15) is 22.8 Å². The van der Waals surface area contributed by atoms with E-state index in [-0.39, 0.29) is 35.7 Å². The zero-order valence-electron chi connectivity index (χ0n) is 16.7. The van der Waals surface area contributed by atoms with Gasteiger partial charge < -0.3 is 20.1 Å². The highest BCUT2D eigenvalue weighted by Crippen LogP contribution is 2.29. The first-order chi connectivity index (χ1) is 14.1. The van der Waals surface area contributed by atoms with Gasteiger partial charge in [0.05, 0.1) is 7.11 Å². The third-order valence-corrected chi connectivity index (χ3v) is 3.87. The van der Waals surface area contributed by atoms with Crippen molar-refractivity contribution in [2.45, 2.75) is 26.6 Å². The van der Waals surface area contributed by atoms with Gasteiger partial charge in [0, 0.05) is 24.2 Å². The first-order valence-electron chi connectivity index (χ1n) is 9.00. The summed E-state index contributed by atoms with van der Waals surface area (Å²) in [6, 6.07) is 7.29. The van der Waals surface area contributed by atoms with Crippen molar-refractivity contribution in [2.24, 2.45) is 5.92 Å². The van der Waals surface area contributed by atoms with E-state index in [4.69, 9.17) is 9.47 Å². The Morgan fingerprint density at radius 1 is 1.13 bits per heavy atom. The van der Waals surface area contributed by atoms with E-state index in [2.05, 4.69) is 15.6 Å². The van der Waals surface area contributed by atoms with E-state index in [0.29, 0.717) is 11.1 Å². The van der Waals surface area contributed by atoms with Crippen LogP contribution in [-0.4, -0.2) is 36.7 Å². The van der Waals surface area contributed by atoms with Gasteiger partial charge in [-0.15, -0.1) is 0 Å². The summed E-state index contributed by atoms with van der Waals surface area (Å²) in [5, 5.41) is 5.30. The molecule has 0 aliphatic carbocycles. The van der Waals surface area contributed by atoms with Gasteiger partial charge in [-0.25, -0.2) is 4.98 Å². The molecule has 0 fully saturated rings. The molecule has 1 aromatic heterocycles. The second-order valence-corrected chi connectivity index (χ2v) is 6.65. The summed E-state index contributed by atoms with van der Waals surface area (Å²) < 4.78 is 46.8. The van der Waals surface area contributed by atoms with Crippen molar-refractivity contribution in [3.8, 4) is 11.5 Å². The fraction of sp³-hybridized carbons (Fsp3) is 0.350. The molecule has 2 aromatic rings. The summed E-state index contributed by atoms with van der Waals surface area (Å²) in [6.45, 7) is 2.14. The van der Waals surface area contributed by atoms with Gasteiger partial charge in [-0.2, -0.15) is 13.2 Å². The lowest BCUT2D eigenvalue weighted by Gasteiger charge is -2.14. The van der Waals surface area contributed by atoms with Gasteiger partial charge in [-0.3, -0.25) is 9.59 Å². The smallest absolute Gasteiger partial charge is 0.422 e. The SMILES string of the molecule is COc1cc(CNC(=O)c2ccnc(NC(=O)C(C)C)c2)ccc1OCC(F)(F)F. The van der Waals surface area contributed by atoms with Crippen molar-refractivity contribution in [3.63, 3.8) is 0 Å². The van der Waals surface area contributed by atoms with Gasteiger partial charge in [-0.1, -0.05) is 19.9 Å². The van der Waals surface area contributed by atoms with E-state index in [1.165, 1.54) is 43.6 Å². The average molecular weight is 425 g/mol. The van der Waals surface area contributed by atoms with E-state index in [0.717, 1.165) is 0 Å². The van der Waals surface area contributed by atoms with Crippen LogP contribution in [0.4, 0.5) is 19.0 Å². The molecule has 0 aliphatic rings.